The molecule has 1 aromatic heterocycles. The second-order valence-corrected chi connectivity index (χ2v) is 8.10. The third-order valence-electron chi connectivity index (χ3n) is 4.27. The van der Waals surface area contributed by atoms with Crippen LogP contribution in [0.2, 0.25) is 0 Å². The zero-order valence-corrected chi connectivity index (χ0v) is 18.5. The molecule has 0 aliphatic rings. The van der Waals surface area contributed by atoms with Gasteiger partial charge in [0.2, 0.25) is 0 Å². The van der Waals surface area contributed by atoms with Gasteiger partial charge in [-0.25, -0.2) is 9.48 Å². The summed E-state index contributed by atoms with van der Waals surface area (Å²) in [5, 5.41) is 16.7. The van der Waals surface area contributed by atoms with Crippen molar-refractivity contribution in [3.63, 3.8) is 0 Å². The zero-order valence-electron chi connectivity index (χ0n) is 18.5. The van der Waals surface area contributed by atoms with Gasteiger partial charge in [-0.05, 0) is 50.6 Å². The SMILES string of the molecule is CC(C)(C)OC(=O)NCc1ccc(C(=O)NNC(=O)c2nn(-c3ccccc3)cc2O)cc1. The number of nitrogens with zero attached hydrogens (tertiary/aromatic N) is 2. The molecule has 3 aromatic rings. The lowest BCUT2D eigenvalue weighted by molar-refractivity contribution is 0.0523. The molecule has 0 radical (unpaired) electrons. The first-order valence-corrected chi connectivity index (χ1v) is 10.1. The van der Waals surface area contributed by atoms with Crippen LogP contribution in [0.5, 0.6) is 5.75 Å². The van der Waals surface area contributed by atoms with Gasteiger partial charge < -0.3 is 15.2 Å². The van der Waals surface area contributed by atoms with Gasteiger partial charge in [0.1, 0.15) is 5.60 Å². The number of alkyl carbamates (subject to hydrolysis) is 1. The van der Waals surface area contributed by atoms with E-state index in [0.29, 0.717) is 5.69 Å². The van der Waals surface area contributed by atoms with E-state index in [1.165, 1.54) is 10.9 Å². The Balaban J connectivity index is 1.53. The molecule has 0 saturated carbocycles. The standard InChI is InChI=1S/C23H25N5O5/c1-23(2,3)33-22(32)24-13-15-9-11-16(12-10-15)20(30)25-26-21(31)19-18(29)14-28(27-19)17-7-5-4-6-8-17/h4-12,14,29H,13H2,1-3H3,(H,24,32)(H,25,30)(H,26,31). The number of aromatic hydroxyl groups is 1. The van der Waals surface area contributed by atoms with Crippen LogP contribution in [0, 0.1) is 0 Å². The summed E-state index contributed by atoms with van der Waals surface area (Å²) < 4.78 is 6.53. The summed E-state index contributed by atoms with van der Waals surface area (Å²) in [4.78, 5) is 36.4. The van der Waals surface area contributed by atoms with Crippen LogP contribution in [0.1, 0.15) is 47.2 Å². The highest BCUT2D eigenvalue weighted by atomic mass is 16.6. The molecule has 4 N–H and O–H groups in total. The molecule has 0 atom stereocenters. The van der Waals surface area contributed by atoms with Gasteiger partial charge in [0, 0.05) is 12.1 Å². The number of benzene rings is 2. The summed E-state index contributed by atoms with van der Waals surface area (Å²) in [7, 11) is 0. The Labute approximate surface area is 190 Å². The maximum Gasteiger partial charge on any atom is 0.407 e. The topological polar surface area (TPSA) is 135 Å². The van der Waals surface area contributed by atoms with Crippen molar-refractivity contribution in [3.8, 4) is 11.4 Å². The molecule has 172 valence electrons. The van der Waals surface area contributed by atoms with Crippen LogP contribution in [0.25, 0.3) is 5.69 Å². The van der Waals surface area contributed by atoms with Gasteiger partial charge in [-0.15, -0.1) is 0 Å². The third kappa shape index (κ3) is 6.57. The molecule has 33 heavy (non-hydrogen) atoms. The number of aromatic nitrogens is 2. The summed E-state index contributed by atoms with van der Waals surface area (Å²) in [6.45, 7) is 5.55. The van der Waals surface area contributed by atoms with Crippen LogP contribution in [0.3, 0.4) is 0 Å². The molecule has 0 aliphatic heterocycles. The molecule has 0 unspecified atom stereocenters. The number of amides is 3. The predicted octanol–water partition coefficient (Wildman–Crippen LogP) is 2.68. The quantitative estimate of drug-likeness (QED) is 0.441. The number of para-hydroxylation sites is 1. The second-order valence-electron chi connectivity index (χ2n) is 8.10. The molecular formula is C23H25N5O5. The van der Waals surface area contributed by atoms with E-state index in [1.54, 1.807) is 69.3 Å². The fourth-order valence-corrected chi connectivity index (χ4v) is 2.75. The maximum absolute atomic E-state index is 12.3. The van der Waals surface area contributed by atoms with Crippen LogP contribution in [-0.2, 0) is 11.3 Å². The molecule has 0 fully saturated rings. The van der Waals surface area contributed by atoms with Gasteiger partial charge >= 0.3 is 6.09 Å². The first-order chi connectivity index (χ1) is 15.6. The van der Waals surface area contributed by atoms with Crippen LogP contribution in [-0.4, -0.2) is 38.4 Å². The van der Waals surface area contributed by atoms with Gasteiger partial charge in [0.05, 0.1) is 11.9 Å². The molecule has 3 rings (SSSR count). The smallest absolute Gasteiger partial charge is 0.407 e. The number of rotatable bonds is 5. The van der Waals surface area contributed by atoms with E-state index in [4.69, 9.17) is 4.74 Å². The number of hydrogen-bond donors (Lipinski definition) is 4. The average Bonchev–Trinajstić information content (AvgIpc) is 3.17. The van der Waals surface area contributed by atoms with Gasteiger partial charge in [-0.3, -0.25) is 20.4 Å². The monoisotopic (exact) mass is 451 g/mol. The number of nitrogens with one attached hydrogen (secondary N) is 3. The molecule has 0 aliphatic carbocycles. The summed E-state index contributed by atoms with van der Waals surface area (Å²) >= 11 is 0. The number of carbonyl (C=O) groups excluding carboxylic acids is 3. The van der Waals surface area contributed by atoms with E-state index >= 15 is 0 Å². The molecular weight excluding hydrogens is 426 g/mol. The highest BCUT2D eigenvalue weighted by Gasteiger charge is 2.18. The van der Waals surface area contributed by atoms with Crippen LogP contribution >= 0.6 is 0 Å². The fraction of sp³-hybridized carbons (Fsp3) is 0.217. The minimum Gasteiger partial charge on any atom is -0.504 e. The van der Waals surface area contributed by atoms with Crippen LogP contribution in [0.15, 0.2) is 60.8 Å². The highest BCUT2D eigenvalue weighted by molar-refractivity contribution is 5.99. The van der Waals surface area contributed by atoms with Crippen molar-refractivity contribution in [2.24, 2.45) is 0 Å². The van der Waals surface area contributed by atoms with E-state index in [9.17, 15) is 19.5 Å². The number of hydrazine groups is 1. The van der Waals surface area contributed by atoms with Gasteiger partial charge in [-0.2, -0.15) is 5.10 Å². The first kappa shape index (κ1) is 23.3. The predicted molar refractivity (Wildman–Crippen MR) is 120 cm³/mol. The van der Waals surface area contributed by atoms with E-state index in [1.807, 2.05) is 6.07 Å². The Morgan fingerprint density at radius 3 is 2.24 bits per heavy atom. The Morgan fingerprint density at radius 1 is 0.970 bits per heavy atom. The lowest BCUT2D eigenvalue weighted by Gasteiger charge is -2.19. The van der Waals surface area contributed by atoms with Crippen molar-refractivity contribution in [2.75, 3.05) is 0 Å². The number of ether oxygens (including phenoxy) is 1. The summed E-state index contributed by atoms with van der Waals surface area (Å²) in [5.74, 6) is -1.65. The normalized spacial score (nSPS) is 10.9. The summed E-state index contributed by atoms with van der Waals surface area (Å²) in [6, 6.07) is 15.4. The van der Waals surface area contributed by atoms with Crippen LogP contribution < -0.4 is 16.2 Å². The lowest BCUT2D eigenvalue weighted by atomic mass is 10.1. The van der Waals surface area contributed by atoms with Crippen molar-refractivity contribution in [1.82, 2.24) is 25.9 Å². The number of carbonyl (C=O) groups is 3. The molecule has 2 aromatic carbocycles. The third-order valence-corrected chi connectivity index (χ3v) is 4.27. The minimum absolute atomic E-state index is 0.233. The minimum atomic E-state index is -0.770. The summed E-state index contributed by atoms with van der Waals surface area (Å²) in [6.07, 6.45) is 0.765. The molecule has 0 saturated heterocycles. The van der Waals surface area contributed by atoms with E-state index in [0.717, 1.165) is 5.56 Å². The van der Waals surface area contributed by atoms with Crippen LogP contribution in [0.4, 0.5) is 4.79 Å². The lowest BCUT2D eigenvalue weighted by Crippen LogP contribution is -2.41. The first-order valence-electron chi connectivity index (χ1n) is 10.1. The van der Waals surface area contributed by atoms with Crippen molar-refractivity contribution >= 4 is 17.9 Å². The van der Waals surface area contributed by atoms with E-state index in [2.05, 4.69) is 21.3 Å². The van der Waals surface area contributed by atoms with Gasteiger partial charge in [0.25, 0.3) is 11.8 Å². The molecule has 0 bridgehead atoms. The van der Waals surface area contributed by atoms with Crippen molar-refractivity contribution in [3.05, 3.63) is 77.6 Å². The average molecular weight is 451 g/mol. The molecule has 10 heteroatoms. The highest BCUT2D eigenvalue weighted by Crippen LogP contribution is 2.17. The second kappa shape index (κ2) is 9.86. The fourth-order valence-electron chi connectivity index (χ4n) is 2.75. The van der Waals surface area contributed by atoms with Crippen molar-refractivity contribution in [2.45, 2.75) is 32.9 Å². The number of hydrogen-bond acceptors (Lipinski definition) is 6. The van der Waals surface area contributed by atoms with E-state index in [-0.39, 0.29) is 23.6 Å². The zero-order chi connectivity index (χ0) is 24.0. The van der Waals surface area contributed by atoms with Gasteiger partial charge in [0.15, 0.2) is 11.4 Å². The Bertz CT molecular complexity index is 1130. The molecule has 1 heterocycles. The molecule has 3 amide bonds. The molecule has 0 spiro atoms. The molecule has 10 nitrogen and oxygen atoms in total. The van der Waals surface area contributed by atoms with Gasteiger partial charge in [-0.1, -0.05) is 30.3 Å². The summed E-state index contributed by atoms with van der Waals surface area (Å²) in [5.41, 5.74) is 5.40. The van der Waals surface area contributed by atoms with Crippen molar-refractivity contribution < 1.29 is 24.2 Å². The van der Waals surface area contributed by atoms with Crippen molar-refractivity contribution in [1.29, 1.82) is 0 Å². The Kier molecular flexibility index (Phi) is 6.97. The largest absolute Gasteiger partial charge is 0.504 e. The Morgan fingerprint density at radius 2 is 1.61 bits per heavy atom. The maximum atomic E-state index is 12.3. The van der Waals surface area contributed by atoms with E-state index < -0.39 is 23.5 Å². The Hall–Kier alpha value is -4.34.